The predicted octanol–water partition coefficient (Wildman–Crippen LogP) is 4.66. The number of benzene rings is 2. The van der Waals surface area contributed by atoms with Gasteiger partial charge >= 0.3 is 11.9 Å². The number of ketones is 1. The van der Waals surface area contributed by atoms with Gasteiger partial charge in [0.1, 0.15) is 11.6 Å². The monoisotopic (exact) mass is 564 g/mol. The quantitative estimate of drug-likeness (QED) is 0.302. The van der Waals surface area contributed by atoms with Crippen molar-refractivity contribution >= 4 is 17.2 Å². The molecule has 0 bridgehead atoms. The maximum atomic E-state index is 14.7. The number of nitrogens with two attached hydrogens (primary N) is 1. The van der Waals surface area contributed by atoms with Crippen molar-refractivity contribution in [2.75, 3.05) is 24.6 Å². The van der Waals surface area contributed by atoms with E-state index in [1.165, 1.54) is 18.2 Å². The van der Waals surface area contributed by atoms with Crippen LogP contribution in [0, 0.1) is 17.6 Å². The molecule has 2 aliphatic rings. The molecule has 212 valence electrons. The van der Waals surface area contributed by atoms with Gasteiger partial charge in [0, 0.05) is 41.5 Å². The molecule has 0 spiro atoms. The van der Waals surface area contributed by atoms with Crippen LogP contribution in [-0.4, -0.2) is 41.7 Å². The molecule has 8 nitrogen and oxygen atoms in total. The molecule has 1 aliphatic carbocycles. The second kappa shape index (κ2) is 10.9. The lowest BCUT2D eigenvalue weighted by molar-refractivity contribution is -0.137. The van der Waals surface area contributed by atoms with Crippen molar-refractivity contribution < 1.29 is 36.0 Å². The Morgan fingerprint density at radius 3 is 2.33 bits per heavy atom. The number of nitrogens with one attached hydrogen (secondary N) is 1. The highest BCUT2D eigenvalue weighted by Gasteiger charge is 2.37. The number of Topliss-reactive ketones (excluding diaryl/α,β-unsaturated/α-hetero) is 1. The van der Waals surface area contributed by atoms with Gasteiger partial charge < -0.3 is 15.4 Å². The minimum atomic E-state index is -4.65. The summed E-state index contributed by atoms with van der Waals surface area (Å²) in [6.45, 7) is 0.489. The highest BCUT2D eigenvalue weighted by molar-refractivity contribution is 6.05. The van der Waals surface area contributed by atoms with Gasteiger partial charge in [0.15, 0.2) is 11.6 Å². The Kier molecular flexibility index (Phi) is 7.49. The molecule has 0 amide bonds. The zero-order chi connectivity index (χ0) is 28.6. The number of alkyl halides is 3. The molecule has 2 aromatic carbocycles. The second-order valence-electron chi connectivity index (χ2n) is 9.80. The number of halogens is 5. The largest absolute Gasteiger partial charge is 0.439 e. The first-order chi connectivity index (χ1) is 19.0. The van der Waals surface area contributed by atoms with E-state index in [4.69, 9.17) is 10.5 Å². The highest BCUT2D eigenvalue weighted by atomic mass is 19.4. The van der Waals surface area contributed by atoms with E-state index in [1.54, 1.807) is 4.90 Å². The molecule has 1 aromatic heterocycles. The van der Waals surface area contributed by atoms with Crippen molar-refractivity contribution in [3.63, 3.8) is 0 Å². The number of carbonyl (C=O) groups excluding carboxylic acids is 1. The van der Waals surface area contributed by atoms with Gasteiger partial charge in [0.25, 0.3) is 0 Å². The standard InChI is InChI=1S/C27H25F5N4O4/c28-20-11-15(12-21(29)22(20)25-34-26(38)40-35-25)36-9-7-16(8-10-36)39-13-18(24(37)14-5-6-14)23(33)17-3-1-2-4-19(17)27(30,31)32/h1-4,11-12,14,16H,5-10,13,33H2,(H,34,35,38). The van der Waals surface area contributed by atoms with Crippen LogP contribution in [0.2, 0.25) is 0 Å². The lowest BCUT2D eigenvalue weighted by atomic mass is 9.97. The zero-order valence-corrected chi connectivity index (χ0v) is 21.1. The number of hydrogen-bond donors (Lipinski definition) is 2. The molecule has 40 heavy (non-hydrogen) atoms. The van der Waals surface area contributed by atoms with Gasteiger partial charge in [-0.15, -0.1) is 0 Å². The number of nitrogens with zero attached hydrogens (tertiary/aromatic N) is 2. The Labute approximate surface area is 224 Å². The van der Waals surface area contributed by atoms with Gasteiger partial charge in [0.2, 0.25) is 0 Å². The molecule has 0 atom stereocenters. The first-order valence-electron chi connectivity index (χ1n) is 12.6. The molecule has 13 heteroatoms. The van der Waals surface area contributed by atoms with E-state index in [-0.39, 0.29) is 52.8 Å². The Balaban J connectivity index is 1.28. The topological polar surface area (TPSA) is 114 Å². The zero-order valence-electron chi connectivity index (χ0n) is 21.1. The molecule has 2 heterocycles. The number of hydrogen-bond acceptors (Lipinski definition) is 7. The summed E-state index contributed by atoms with van der Waals surface area (Å²) in [6, 6.07) is 7.09. The van der Waals surface area contributed by atoms with E-state index in [1.807, 2.05) is 0 Å². The van der Waals surface area contributed by atoms with Crippen molar-refractivity contribution in [2.45, 2.75) is 38.0 Å². The van der Waals surface area contributed by atoms with Gasteiger partial charge in [-0.1, -0.05) is 23.4 Å². The Morgan fingerprint density at radius 2 is 1.75 bits per heavy atom. The fourth-order valence-corrected chi connectivity index (χ4v) is 4.79. The fraction of sp³-hybridized carbons (Fsp3) is 0.370. The molecular formula is C27H25F5N4O4. The van der Waals surface area contributed by atoms with Crippen molar-refractivity contribution in [3.05, 3.63) is 75.3 Å². The van der Waals surface area contributed by atoms with Crippen molar-refractivity contribution in [1.82, 2.24) is 10.1 Å². The molecule has 3 aromatic rings. The summed E-state index contributed by atoms with van der Waals surface area (Å²) < 4.78 is 80.4. The third-order valence-corrected chi connectivity index (χ3v) is 7.07. The molecule has 1 saturated heterocycles. The van der Waals surface area contributed by atoms with Gasteiger partial charge in [-0.2, -0.15) is 13.2 Å². The fourth-order valence-electron chi connectivity index (χ4n) is 4.79. The summed E-state index contributed by atoms with van der Waals surface area (Å²) in [6.07, 6.45) is -2.83. The average molecular weight is 565 g/mol. The van der Waals surface area contributed by atoms with E-state index >= 15 is 0 Å². The van der Waals surface area contributed by atoms with Crippen LogP contribution in [0.3, 0.4) is 0 Å². The van der Waals surface area contributed by atoms with Gasteiger partial charge in [0.05, 0.1) is 23.8 Å². The molecule has 0 unspecified atom stereocenters. The van der Waals surface area contributed by atoms with Crippen LogP contribution in [-0.2, 0) is 15.7 Å². The summed E-state index contributed by atoms with van der Waals surface area (Å²) in [5.74, 6) is -3.75. The van der Waals surface area contributed by atoms with Crippen LogP contribution < -0.4 is 16.4 Å². The van der Waals surface area contributed by atoms with Crippen molar-refractivity contribution in [2.24, 2.45) is 11.7 Å². The maximum Gasteiger partial charge on any atom is 0.439 e. The molecule has 1 saturated carbocycles. The van der Waals surface area contributed by atoms with E-state index in [0.717, 1.165) is 18.2 Å². The minimum absolute atomic E-state index is 0.0206. The van der Waals surface area contributed by atoms with Crippen LogP contribution >= 0.6 is 0 Å². The van der Waals surface area contributed by atoms with Crippen molar-refractivity contribution in [1.29, 1.82) is 0 Å². The van der Waals surface area contributed by atoms with Crippen molar-refractivity contribution in [3.8, 4) is 11.4 Å². The summed E-state index contributed by atoms with van der Waals surface area (Å²) in [5, 5.41) is 3.32. The third kappa shape index (κ3) is 5.79. The van der Waals surface area contributed by atoms with Gasteiger partial charge in [-0.25, -0.2) is 13.6 Å². The average Bonchev–Trinajstić information content (AvgIpc) is 3.69. The molecule has 3 N–H and O–H groups in total. The molecule has 2 fully saturated rings. The lowest BCUT2D eigenvalue weighted by Crippen LogP contribution is -2.37. The van der Waals surface area contributed by atoms with Crippen LogP contribution in [0.1, 0.15) is 36.8 Å². The number of ether oxygens (including phenoxy) is 1. The van der Waals surface area contributed by atoms with Gasteiger partial charge in [-0.05, 0) is 43.9 Å². The number of anilines is 1. The number of carbonyl (C=O) groups is 1. The Bertz CT molecular complexity index is 1480. The minimum Gasteiger partial charge on any atom is -0.398 e. The predicted molar refractivity (Wildman–Crippen MR) is 134 cm³/mol. The number of piperidine rings is 1. The number of H-pyrrole nitrogens is 1. The number of rotatable bonds is 8. The van der Waals surface area contributed by atoms with Crippen LogP contribution in [0.25, 0.3) is 17.1 Å². The first-order valence-corrected chi connectivity index (χ1v) is 12.6. The number of aromatic amines is 1. The summed E-state index contributed by atoms with van der Waals surface area (Å²) in [5.41, 5.74) is 4.51. The highest BCUT2D eigenvalue weighted by Crippen LogP contribution is 2.38. The Morgan fingerprint density at radius 1 is 1.10 bits per heavy atom. The summed E-state index contributed by atoms with van der Waals surface area (Å²) in [4.78, 5) is 28.0. The third-order valence-electron chi connectivity index (χ3n) is 7.07. The summed E-state index contributed by atoms with van der Waals surface area (Å²) >= 11 is 0. The van der Waals surface area contributed by atoms with E-state index in [2.05, 4.69) is 14.7 Å². The smallest absolute Gasteiger partial charge is 0.398 e. The van der Waals surface area contributed by atoms with Gasteiger partial charge in [-0.3, -0.25) is 14.3 Å². The first kappa shape index (κ1) is 27.6. The lowest BCUT2D eigenvalue weighted by Gasteiger charge is -2.34. The van der Waals surface area contributed by atoms with Crippen LogP contribution in [0.15, 0.2) is 51.3 Å². The SMILES string of the molecule is NC(=C(COC1CCN(c2cc(F)c(-c3noc(=O)[nH]3)c(F)c2)CC1)C(=O)C1CC1)c1ccccc1C(F)(F)F. The molecule has 1 aliphatic heterocycles. The van der Waals surface area contributed by atoms with E-state index < -0.39 is 34.7 Å². The van der Waals surface area contributed by atoms with E-state index in [0.29, 0.717) is 38.8 Å². The summed E-state index contributed by atoms with van der Waals surface area (Å²) in [7, 11) is 0. The van der Waals surface area contributed by atoms with Crippen LogP contribution in [0.4, 0.5) is 27.6 Å². The molecule has 5 rings (SSSR count). The van der Waals surface area contributed by atoms with E-state index in [9.17, 15) is 31.5 Å². The molecular weight excluding hydrogens is 539 g/mol. The Hall–Kier alpha value is -4.00. The normalized spacial score (nSPS) is 17.2. The molecule has 0 radical (unpaired) electrons. The maximum absolute atomic E-state index is 14.7. The second-order valence-corrected chi connectivity index (χ2v) is 9.80. The number of aromatic nitrogens is 2. The van der Waals surface area contributed by atoms with Crippen LogP contribution in [0.5, 0.6) is 0 Å².